The topological polar surface area (TPSA) is 43.1 Å². The van der Waals surface area contributed by atoms with Crippen molar-refractivity contribution in [3.63, 3.8) is 0 Å². The first kappa shape index (κ1) is 11.5. The van der Waals surface area contributed by atoms with Crippen LogP contribution in [-0.4, -0.2) is 19.8 Å². The summed E-state index contributed by atoms with van der Waals surface area (Å²) in [6, 6.07) is 4.98. The third-order valence-electron chi connectivity index (χ3n) is 3.12. The molecule has 2 heterocycles. The van der Waals surface area contributed by atoms with Crippen molar-refractivity contribution in [3.8, 4) is 10.6 Å². The Labute approximate surface area is 120 Å². The maximum absolute atomic E-state index is 13.9. The first-order chi connectivity index (χ1) is 9.22. The maximum Gasteiger partial charge on any atom is 0.234 e. The number of nitrogens with zero attached hydrogens (tertiary/aromatic N) is 4. The molecule has 0 N–H and O–H groups in total. The van der Waals surface area contributed by atoms with Crippen molar-refractivity contribution in [1.82, 2.24) is 19.8 Å². The van der Waals surface area contributed by atoms with Gasteiger partial charge in [0.25, 0.3) is 0 Å². The molecule has 1 saturated carbocycles. The van der Waals surface area contributed by atoms with Crippen molar-refractivity contribution in [2.75, 3.05) is 0 Å². The maximum atomic E-state index is 13.9. The van der Waals surface area contributed by atoms with Gasteiger partial charge in [0.1, 0.15) is 5.82 Å². The van der Waals surface area contributed by atoms with Crippen LogP contribution in [-0.2, 0) is 0 Å². The van der Waals surface area contributed by atoms with Crippen molar-refractivity contribution in [1.29, 1.82) is 0 Å². The minimum absolute atomic E-state index is 0.285. The molecule has 0 spiro atoms. The van der Waals surface area contributed by atoms with Gasteiger partial charge in [0.2, 0.25) is 4.96 Å². The van der Waals surface area contributed by atoms with Gasteiger partial charge in [-0.05, 0) is 31.0 Å². The van der Waals surface area contributed by atoms with Crippen LogP contribution in [0.15, 0.2) is 22.7 Å². The zero-order valence-electron chi connectivity index (χ0n) is 9.68. The molecule has 2 aromatic heterocycles. The zero-order chi connectivity index (χ0) is 13.0. The number of rotatable bonds is 2. The molecule has 1 aliphatic rings. The monoisotopic (exact) mass is 338 g/mol. The second-order valence-electron chi connectivity index (χ2n) is 4.56. The molecule has 0 atom stereocenters. The lowest BCUT2D eigenvalue weighted by Crippen LogP contribution is -1.94. The zero-order valence-corrected chi connectivity index (χ0v) is 12.1. The predicted octanol–water partition coefficient (Wildman–Crippen LogP) is 3.63. The van der Waals surface area contributed by atoms with Crippen LogP contribution in [0.3, 0.4) is 0 Å². The molecule has 4 nitrogen and oxygen atoms in total. The van der Waals surface area contributed by atoms with Crippen LogP contribution < -0.4 is 0 Å². The molecule has 0 unspecified atom stereocenters. The highest BCUT2D eigenvalue weighted by atomic mass is 79.9. The van der Waals surface area contributed by atoms with Gasteiger partial charge in [-0.15, -0.1) is 10.2 Å². The quantitative estimate of drug-likeness (QED) is 0.716. The Morgan fingerprint density at radius 2 is 2.16 bits per heavy atom. The summed E-state index contributed by atoms with van der Waals surface area (Å²) in [7, 11) is 0. The summed E-state index contributed by atoms with van der Waals surface area (Å²) < 4.78 is 16.4. The van der Waals surface area contributed by atoms with Crippen molar-refractivity contribution < 1.29 is 4.39 Å². The molecule has 3 aromatic rings. The number of halogens is 2. The average molecular weight is 339 g/mol. The van der Waals surface area contributed by atoms with E-state index in [1.807, 2.05) is 6.07 Å². The Kier molecular flexibility index (Phi) is 2.46. The van der Waals surface area contributed by atoms with Crippen LogP contribution in [0.1, 0.15) is 24.6 Å². The van der Waals surface area contributed by atoms with E-state index >= 15 is 0 Å². The summed E-state index contributed by atoms with van der Waals surface area (Å²) in [6.45, 7) is 0. The first-order valence-electron chi connectivity index (χ1n) is 5.90. The van der Waals surface area contributed by atoms with Gasteiger partial charge in [0, 0.05) is 16.0 Å². The summed E-state index contributed by atoms with van der Waals surface area (Å²) in [5.74, 6) is 1.09. The van der Waals surface area contributed by atoms with E-state index in [-0.39, 0.29) is 5.82 Å². The van der Waals surface area contributed by atoms with Gasteiger partial charge in [-0.25, -0.2) is 4.39 Å². The van der Waals surface area contributed by atoms with Crippen molar-refractivity contribution >= 4 is 32.2 Å². The summed E-state index contributed by atoms with van der Waals surface area (Å²) in [6.07, 6.45) is 2.28. The third kappa shape index (κ3) is 1.88. The molecule has 1 aromatic carbocycles. The predicted molar refractivity (Wildman–Crippen MR) is 73.7 cm³/mol. The number of hydrogen-bond donors (Lipinski definition) is 0. The molecule has 7 heteroatoms. The van der Waals surface area contributed by atoms with E-state index in [1.165, 1.54) is 17.4 Å². The van der Waals surface area contributed by atoms with Crippen molar-refractivity contribution in [2.45, 2.75) is 18.8 Å². The summed E-state index contributed by atoms with van der Waals surface area (Å²) in [5, 5.41) is 13.3. The van der Waals surface area contributed by atoms with Crippen LogP contribution in [0.5, 0.6) is 0 Å². The normalized spacial score (nSPS) is 15.3. The van der Waals surface area contributed by atoms with Crippen LogP contribution in [0.4, 0.5) is 4.39 Å². The molecule has 1 aliphatic carbocycles. The van der Waals surface area contributed by atoms with Gasteiger partial charge in [-0.3, -0.25) is 0 Å². The minimum Gasteiger partial charge on any atom is -0.206 e. The SMILES string of the molecule is Fc1cc(Br)ccc1-c1nn2c(C3CC3)nnc2s1. The van der Waals surface area contributed by atoms with Crippen LogP contribution in [0.25, 0.3) is 15.5 Å². The van der Waals surface area contributed by atoms with Gasteiger partial charge >= 0.3 is 0 Å². The lowest BCUT2D eigenvalue weighted by atomic mass is 10.2. The fourth-order valence-electron chi connectivity index (χ4n) is 2.00. The van der Waals surface area contributed by atoms with Crippen LogP contribution >= 0.6 is 27.3 Å². The highest BCUT2D eigenvalue weighted by Gasteiger charge is 2.30. The number of fused-ring (bicyclic) bond motifs is 1. The Morgan fingerprint density at radius 1 is 1.32 bits per heavy atom. The minimum atomic E-state index is -0.285. The largest absolute Gasteiger partial charge is 0.234 e. The Balaban J connectivity index is 1.86. The average Bonchev–Trinajstić information content (AvgIpc) is 2.99. The van der Waals surface area contributed by atoms with Gasteiger partial charge < -0.3 is 0 Å². The van der Waals surface area contributed by atoms with E-state index in [9.17, 15) is 4.39 Å². The van der Waals surface area contributed by atoms with E-state index < -0.39 is 0 Å². The van der Waals surface area contributed by atoms with E-state index in [2.05, 4.69) is 31.2 Å². The second kappa shape index (κ2) is 4.08. The van der Waals surface area contributed by atoms with E-state index in [0.717, 1.165) is 28.1 Å². The van der Waals surface area contributed by atoms with Crippen LogP contribution in [0, 0.1) is 5.82 Å². The number of aromatic nitrogens is 4. The molecule has 0 amide bonds. The fraction of sp³-hybridized carbons (Fsp3) is 0.250. The van der Waals surface area contributed by atoms with Gasteiger partial charge in [0.05, 0.1) is 0 Å². The third-order valence-corrected chi connectivity index (χ3v) is 4.54. The van der Waals surface area contributed by atoms with E-state index in [4.69, 9.17) is 0 Å². The molecule has 19 heavy (non-hydrogen) atoms. The standard InChI is InChI=1S/C12H8BrFN4S/c13-7-3-4-8(9(14)5-7)11-17-18-10(6-1-2-6)15-16-12(18)19-11/h3-6H,1-2H2. The van der Waals surface area contributed by atoms with Gasteiger partial charge in [-0.1, -0.05) is 27.3 Å². The lowest BCUT2D eigenvalue weighted by Gasteiger charge is -1.98. The van der Waals surface area contributed by atoms with Crippen LogP contribution in [0.2, 0.25) is 0 Å². The summed E-state index contributed by atoms with van der Waals surface area (Å²) in [5.41, 5.74) is 0.500. The number of benzene rings is 1. The van der Waals surface area contributed by atoms with Crippen molar-refractivity contribution in [2.24, 2.45) is 0 Å². The molecule has 4 rings (SSSR count). The Hall–Kier alpha value is -1.34. The molecule has 0 bridgehead atoms. The lowest BCUT2D eigenvalue weighted by molar-refractivity contribution is 0.630. The molecule has 0 radical (unpaired) electrons. The van der Waals surface area contributed by atoms with Gasteiger partial charge in [-0.2, -0.15) is 9.61 Å². The number of hydrogen-bond acceptors (Lipinski definition) is 4. The Morgan fingerprint density at radius 3 is 2.89 bits per heavy atom. The Bertz CT molecular complexity index is 777. The molecule has 96 valence electrons. The highest BCUT2D eigenvalue weighted by molar-refractivity contribution is 9.10. The van der Waals surface area contributed by atoms with Crippen molar-refractivity contribution in [3.05, 3.63) is 34.3 Å². The molecule has 0 saturated heterocycles. The highest BCUT2D eigenvalue weighted by Crippen LogP contribution is 2.40. The molecule has 1 fully saturated rings. The first-order valence-corrected chi connectivity index (χ1v) is 7.51. The fourth-order valence-corrected chi connectivity index (χ4v) is 3.21. The van der Waals surface area contributed by atoms with Gasteiger partial charge in [0.15, 0.2) is 10.8 Å². The summed E-state index contributed by atoms with van der Waals surface area (Å²) >= 11 is 4.61. The molecular weight excluding hydrogens is 331 g/mol. The summed E-state index contributed by atoms with van der Waals surface area (Å²) in [4.78, 5) is 0.721. The van der Waals surface area contributed by atoms with E-state index in [1.54, 1.807) is 10.6 Å². The molecular formula is C12H8BrFN4S. The smallest absolute Gasteiger partial charge is 0.206 e. The molecule has 0 aliphatic heterocycles. The second-order valence-corrected chi connectivity index (χ2v) is 6.43. The van der Waals surface area contributed by atoms with E-state index in [0.29, 0.717) is 16.5 Å².